The topological polar surface area (TPSA) is 102 Å². The first-order valence-corrected chi connectivity index (χ1v) is 6.18. The van der Waals surface area contributed by atoms with E-state index in [4.69, 9.17) is 9.47 Å². The number of H-pyrrole nitrogens is 1. The van der Waals surface area contributed by atoms with E-state index < -0.39 is 0 Å². The predicted octanol–water partition coefficient (Wildman–Crippen LogP) is 0.462. The lowest BCUT2D eigenvalue weighted by atomic mass is 10.1. The summed E-state index contributed by atoms with van der Waals surface area (Å²) in [6.07, 6.45) is 0. The fraction of sp³-hybridized carbons (Fsp3) is 0.333. The molecule has 2 N–H and O–H groups in total. The van der Waals surface area contributed by atoms with Crippen LogP contribution in [0.25, 0.3) is 0 Å². The van der Waals surface area contributed by atoms with Crippen molar-refractivity contribution in [1.29, 1.82) is 0 Å². The average molecular weight is 275 g/mol. The van der Waals surface area contributed by atoms with Crippen molar-refractivity contribution in [3.8, 4) is 11.5 Å². The fourth-order valence-electron chi connectivity index (χ4n) is 1.88. The zero-order chi connectivity index (χ0) is 13.9. The third-order valence-electron chi connectivity index (χ3n) is 2.90. The highest BCUT2D eigenvalue weighted by Gasteiger charge is 2.18. The van der Waals surface area contributed by atoms with Crippen LogP contribution < -0.4 is 14.8 Å². The Morgan fingerprint density at radius 3 is 2.90 bits per heavy atom. The minimum Gasteiger partial charge on any atom is -0.486 e. The number of nitrogens with one attached hydrogen (secondary N) is 2. The highest BCUT2D eigenvalue weighted by Crippen LogP contribution is 2.30. The van der Waals surface area contributed by atoms with E-state index in [1.807, 2.05) is 0 Å². The number of tetrazole rings is 1. The number of amides is 1. The van der Waals surface area contributed by atoms with E-state index in [0.29, 0.717) is 36.1 Å². The molecule has 0 aliphatic carbocycles. The van der Waals surface area contributed by atoms with Crippen LogP contribution in [-0.4, -0.2) is 39.7 Å². The maximum absolute atomic E-state index is 12.1. The second kappa shape index (κ2) is 5.16. The van der Waals surface area contributed by atoms with Gasteiger partial charge in [0.05, 0.1) is 6.04 Å². The van der Waals surface area contributed by atoms with Crippen LogP contribution in [0, 0.1) is 0 Å². The molecule has 3 rings (SSSR count). The number of nitrogens with zero attached hydrogens (tertiary/aromatic N) is 3. The highest BCUT2D eigenvalue weighted by atomic mass is 16.6. The number of hydrogen-bond donors (Lipinski definition) is 2. The van der Waals surface area contributed by atoms with Crippen LogP contribution in [0.15, 0.2) is 18.2 Å². The molecule has 8 nitrogen and oxygen atoms in total. The number of rotatable bonds is 3. The quantitative estimate of drug-likeness (QED) is 0.843. The zero-order valence-electron chi connectivity index (χ0n) is 10.8. The second-order valence-corrected chi connectivity index (χ2v) is 4.32. The van der Waals surface area contributed by atoms with Crippen molar-refractivity contribution < 1.29 is 14.3 Å². The zero-order valence-corrected chi connectivity index (χ0v) is 10.8. The number of aromatic amines is 1. The average Bonchev–Trinajstić information content (AvgIpc) is 3.01. The maximum Gasteiger partial charge on any atom is 0.252 e. The van der Waals surface area contributed by atoms with Crippen molar-refractivity contribution in [1.82, 2.24) is 25.9 Å². The van der Waals surface area contributed by atoms with Gasteiger partial charge < -0.3 is 14.8 Å². The SMILES string of the molecule is CC(NC(=O)c1ccc2c(c1)OCCO2)c1nn[nH]n1. The molecule has 1 atom stereocenters. The molecule has 1 aliphatic rings. The van der Waals surface area contributed by atoms with Crippen molar-refractivity contribution >= 4 is 5.91 Å². The number of aromatic nitrogens is 4. The van der Waals surface area contributed by atoms with E-state index in [-0.39, 0.29) is 11.9 Å². The van der Waals surface area contributed by atoms with Crippen LogP contribution in [0.2, 0.25) is 0 Å². The number of hydrogen-bond acceptors (Lipinski definition) is 6. The minimum atomic E-state index is -0.338. The largest absolute Gasteiger partial charge is 0.486 e. The molecule has 0 saturated heterocycles. The predicted molar refractivity (Wildman–Crippen MR) is 67.5 cm³/mol. The van der Waals surface area contributed by atoms with E-state index in [9.17, 15) is 4.79 Å². The smallest absolute Gasteiger partial charge is 0.252 e. The third kappa shape index (κ3) is 2.40. The van der Waals surface area contributed by atoms with E-state index in [0.717, 1.165) is 0 Å². The lowest BCUT2D eigenvalue weighted by molar-refractivity contribution is 0.0937. The number of carbonyl (C=O) groups excluding carboxylic acids is 1. The second-order valence-electron chi connectivity index (χ2n) is 4.32. The molecule has 0 fully saturated rings. The van der Waals surface area contributed by atoms with Gasteiger partial charge in [0, 0.05) is 5.56 Å². The van der Waals surface area contributed by atoms with Gasteiger partial charge in [0.25, 0.3) is 5.91 Å². The Bertz CT molecular complexity index is 614. The van der Waals surface area contributed by atoms with Gasteiger partial charge in [-0.1, -0.05) is 5.21 Å². The summed E-state index contributed by atoms with van der Waals surface area (Å²) in [5.41, 5.74) is 0.490. The lowest BCUT2D eigenvalue weighted by Crippen LogP contribution is -2.27. The summed E-state index contributed by atoms with van der Waals surface area (Å²) in [5, 5.41) is 16.2. The standard InChI is InChI=1S/C12H13N5O3/c1-7(11-14-16-17-15-11)13-12(18)8-2-3-9-10(6-8)20-5-4-19-9/h2-3,6-7H,4-5H2,1H3,(H,13,18)(H,14,15,16,17). The summed E-state index contributed by atoms with van der Waals surface area (Å²) >= 11 is 0. The number of carbonyl (C=O) groups is 1. The lowest BCUT2D eigenvalue weighted by Gasteiger charge is -2.19. The van der Waals surface area contributed by atoms with E-state index in [2.05, 4.69) is 25.9 Å². The molecular weight excluding hydrogens is 262 g/mol. The maximum atomic E-state index is 12.1. The summed E-state index contributed by atoms with van der Waals surface area (Å²) < 4.78 is 10.9. The number of benzene rings is 1. The minimum absolute atomic E-state index is 0.237. The molecule has 104 valence electrons. The third-order valence-corrected chi connectivity index (χ3v) is 2.90. The first-order valence-electron chi connectivity index (χ1n) is 6.18. The van der Waals surface area contributed by atoms with Crippen LogP contribution in [0.3, 0.4) is 0 Å². The molecule has 8 heteroatoms. The Hall–Kier alpha value is -2.64. The molecule has 1 aromatic heterocycles. The van der Waals surface area contributed by atoms with Crippen LogP contribution >= 0.6 is 0 Å². The monoisotopic (exact) mass is 275 g/mol. The molecular formula is C12H13N5O3. The molecule has 1 unspecified atom stereocenters. The summed E-state index contributed by atoms with van der Waals surface area (Å²) in [6.45, 7) is 2.78. The highest BCUT2D eigenvalue weighted by molar-refractivity contribution is 5.95. The van der Waals surface area contributed by atoms with Crippen LogP contribution in [-0.2, 0) is 0 Å². The Balaban J connectivity index is 1.74. The fourth-order valence-corrected chi connectivity index (χ4v) is 1.88. The Morgan fingerprint density at radius 1 is 1.35 bits per heavy atom. The normalized spacial score (nSPS) is 14.7. The van der Waals surface area contributed by atoms with Gasteiger partial charge in [-0.05, 0) is 25.1 Å². The van der Waals surface area contributed by atoms with Gasteiger partial charge in [0.2, 0.25) is 0 Å². The molecule has 1 aliphatic heterocycles. The van der Waals surface area contributed by atoms with Gasteiger partial charge in [-0.2, -0.15) is 5.21 Å². The van der Waals surface area contributed by atoms with Crippen molar-refractivity contribution in [2.24, 2.45) is 0 Å². The van der Waals surface area contributed by atoms with Crippen LogP contribution in [0.4, 0.5) is 0 Å². The van der Waals surface area contributed by atoms with Crippen LogP contribution in [0.5, 0.6) is 11.5 Å². The van der Waals surface area contributed by atoms with E-state index in [1.165, 1.54) is 0 Å². The molecule has 0 radical (unpaired) electrons. The summed E-state index contributed by atoms with van der Waals surface area (Å²) in [7, 11) is 0. The first kappa shape index (κ1) is 12.4. The van der Waals surface area contributed by atoms with E-state index in [1.54, 1.807) is 25.1 Å². The van der Waals surface area contributed by atoms with Crippen molar-refractivity contribution in [3.05, 3.63) is 29.6 Å². The molecule has 0 saturated carbocycles. The van der Waals surface area contributed by atoms with Crippen LogP contribution in [0.1, 0.15) is 29.1 Å². The van der Waals surface area contributed by atoms with Gasteiger partial charge in [-0.3, -0.25) is 4.79 Å². The van der Waals surface area contributed by atoms with Crippen molar-refractivity contribution in [2.45, 2.75) is 13.0 Å². The first-order chi connectivity index (χ1) is 9.74. The number of fused-ring (bicyclic) bond motifs is 1. The molecule has 20 heavy (non-hydrogen) atoms. The van der Waals surface area contributed by atoms with Gasteiger partial charge in [-0.25, -0.2) is 0 Å². The van der Waals surface area contributed by atoms with Crippen molar-refractivity contribution in [2.75, 3.05) is 13.2 Å². The Morgan fingerprint density at radius 2 is 2.15 bits per heavy atom. The number of ether oxygens (including phenoxy) is 2. The Labute approximate surface area is 114 Å². The van der Waals surface area contributed by atoms with Gasteiger partial charge in [0.15, 0.2) is 17.3 Å². The molecule has 0 bridgehead atoms. The van der Waals surface area contributed by atoms with Gasteiger partial charge >= 0.3 is 0 Å². The molecule has 0 spiro atoms. The van der Waals surface area contributed by atoms with Gasteiger partial charge in [-0.15, -0.1) is 10.2 Å². The molecule has 1 aromatic carbocycles. The summed E-state index contributed by atoms with van der Waals surface area (Å²) in [5.74, 6) is 1.42. The summed E-state index contributed by atoms with van der Waals surface area (Å²) in [4.78, 5) is 12.1. The summed E-state index contributed by atoms with van der Waals surface area (Å²) in [6, 6.07) is 4.73. The van der Waals surface area contributed by atoms with Crippen molar-refractivity contribution in [3.63, 3.8) is 0 Å². The molecule has 1 amide bonds. The molecule has 2 aromatic rings. The Kier molecular flexibility index (Phi) is 3.20. The molecule has 2 heterocycles. The van der Waals surface area contributed by atoms with Gasteiger partial charge in [0.1, 0.15) is 13.2 Å². The van der Waals surface area contributed by atoms with E-state index >= 15 is 0 Å².